The van der Waals surface area contributed by atoms with E-state index >= 15 is 0 Å². The van der Waals surface area contributed by atoms with Crippen LogP contribution in [-0.4, -0.2) is 63.5 Å². The molecule has 0 heterocycles. The zero-order chi connectivity index (χ0) is 12.4. The van der Waals surface area contributed by atoms with Gasteiger partial charge in [-0.3, -0.25) is 0 Å². The number of hydrogen-bond acceptors (Lipinski definition) is 4. The van der Waals surface area contributed by atoms with Gasteiger partial charge in [-0.1, -0.05) is 12.9 Å². The molecule has 16 heavy (non-hydrogen) atoms. The Bertz CT molecular complexity index is 232. The second-order valence-electron chi connectivity index (χ2n) is 2.28. The Kier molecular flexibility index (Phi) is 16.4. The number of carbonyl (C=O) groups excluding carboxylic acids is 4. The third kappa shape index (κ3) is 11.6. The fourth-order valence-corrected chi connectivity index (χ4v) is 0.230. The van der Waals surface area contributed by atoms with E-state index in [2.05, 4.69) is 7.85 Å². The first kappa shape index (κ1) is 20.9. The van der Waals surface area contributed by atoms with Crippen LogP contribution in [0.4, 0.5) is 4.79 Å². The second kappa shape index (κ2) is 12.6. The molecule has 0 rings (SSSR count). The van der Waals surface area contributed by atoms with E-state index in [0.29, 0.717) is 9.80 Å². The normalized spacial score (nSPS) is 9.38. The Hall–Kier alpha value is -0.486. The Morgan fingerprint density at radius 2 is 1.56 bits per heavy atom. The van der Waals surface area contributed by atoms with Crippen LogP contribution in [0.2, 0.25) is 0 Å². The zero-order valence-electron chi connectivity index (χ0n) is 8.84. The first-order valence-corrected chi connectivity index (χ1v) is 3.62. The van der Waals surface area contributed by atoms with Crippen molar-refractivity contribution in [3.63, 3.8) is 0 Å². The maximum atomic E-state index is 9.82. The van der Waals surface area contributed by atoms with Crippen LogP contribution in [0.3, 0.4) is 0 Å². The van der Waals surface area contributed by atoms with Crippen molar-refractivity contribution in [3.05, 3.63) is 0 Å². The summed E-state index contributed by atoms with van der Waals surface area (Å²) in [6, 6.07) is 0. The van der Waals surface area contributed by atoms with Gasteiger partial charge in [0.25, 0.3) is 0 Å². The van der Waals surface area contributed by atoms with Crippen molar-refractivity contribution >= 4 is 40.7 Å². The predicted molar refractivity (Wildman–Crippen MR) is 53.0 cm³/mol. The molecule has 9 heteroatoms. The number of imide groups is 2. The smallest absolute Gasteiger partial charge is 0.641 e. The number of nitrogens with zero attached hydrogens (tertiary/aromatic N) is 2. The summed E-state index contributed by atoms with van der Waals surface area (Å²) < 4.78 is 0. The predicted octanol–water partition coefficient (Wildman–Crippen LogP) is -1.79. The molecule has 1 atom stereocenters. The molecule has 0 aliphatic carbocycles. The van der Waals surface area contributed by atoms with Crippen molar-refractivity contribution in [2.45, 2.75) is 12.9 Å². The maximum absolute atomic E-state index is 9.82. The molecule has 0 aromatic rings. The molecule has 0 aromatic carbocycles. The number of carbonyl (C=O) groups is 1. The van der Waals surface area contributed by atoms with Gasteiger partial charge in [0.2, 0.25) is 0 Å². The van der Waals surface area contributed by atoms with E-state index in [-0.39, 0.29) is 32.7 Å². The van der Waals surface area contributed by atoms with Crippen molar-refractivity contribution in [1.82, 2.24) is 9.80 Å². The van der Waals surface area contributed by atoms with Gasteiger partial charge in [-0.25, -0.2) is 0 Å². The first-order valence-electron chi connectivity index (χ1n) is 3.62. The molecule has 0 saturated heterocycles. The van der Waals surface area contributed by atoms with Crippen LogP contribution in [0.15, 0.2) is 0 Å². The van der Waals surface area contributed by atoms with E-state index < -0.39 is 11.7 Å². The third-order valence-corrected chi connectivity index (χ3v) is 1.07. The summed E-state index contributed by atoms with van der Waals surface area (Å²) in [5, 5.41) is 0. The molecule has 0 aromatic heterocycles. The molecule has 1 unspecified atom stereocenters. The summed E-state index contributed by atoms with van der Waals surface area (Å²) >= 11 is 0. The Balaban J connectivity index is -0.000000200. The van der Waals surface area contributed by atoms with Crippen LogP contribution in [-0.2, 0) is 47.1 Å². The molecular weight excluding hydrogens is 287 g/mol. The summed E-state index contributed by atoms with van der Waals surface area (Å²) in [4.78, 5) is 39.7. The minimum Gasteiger partial charge on any atom is -0.641 e. The molecule has 0 N–H and O–H groups in total. The molecule has 0 bridgehead atoms. The third-order valence-electron chi connectivity index (χ3n) is 1.07. The number of hydrogen-bond donors (Lipinski definition) is 0. The fraction of sp³-hybridized carbons (Fsp3) is 0.429. The van der Waals surface area contributed by atoms with Gasteiger partial charge in [0, 0.05) is 5.81 Å². The largest absolute Gasteiger partial charge is 3.00 e. The summed E-state index contributed by atoms with van der Waals surface area (Å²) in [5.41, 5.74) is 0. The van der Waals surface area contributed by atoms with Crippen LogP contribution in [0.1, 0.15) is 6.92 Å². The molecule has 0 saturated carbocycles. The van der Waals surface area contributed by atoms with E-state index in [1.165, 1.54) is 33.2 Å². The Morgan fingerprint density at radius 1 is 1.19 bits per heavy atom. The SMILES string of the molecule is [B]C(=O)N(C)[C-]=O.[B]C(C)N([C-]=O)[C-]=O.[Y+3]. The monoisotopic (exact) mass is 294 g/mol. The van der Waals surface area contributed by atoms with E-state index in [0.717, 1.165) is 0 Å². The second-order valence-corrected chi connectivity index (χ2v) is 2.28. The molecule has 4 radical (unpaired) electrons. The Morgan fingerprint density at radius 3 is 1.56 bits per heavy atom. The van der Waals surface area contributed by atoms with Gasteiger partial charge < -0.3 is 29.0 Å². The van der Waals surface area contributed by atoms with Crippen LogP contribution >= 0.6 is 0 Å². The van der Waals surface area contributed by atoms with Crippen molar-refractivity contribution in [3.8, 4) is 0 Å². The van der Waals surface area contributed by atoms with Crippen LogP contribution < -0.4 is 0 Å². The molecule has 0 fully saturated rings. The molecular formula is C7H7B2N2O4Y. The van der Waals surface area contributed by atoms with E-state index in [1.807, 2.05) is 0 Å². The van der Waals surface area contributed by atoms with E-state index in [9.17, 15) is 19.2 Å². The van der Waals surface area contributed by atoms with E-state index in [4.69, 9.17) is 7.85 Å². The first-order chi connectivity index (χ1) is 6.90. The molecule has 78 valence electrons. The summed E-state index contributed by atoms with van der Waals surface area (Å²) in [7, 11) is 10.9. The van der Waals surface area contributed by atoms with Crippen molar-refractivity contribution in [2.24, 2.45) is 0 Å². The van der Waals surface area contributed by atoms with Crippen LogP contribution in [0.25, 0.3) is 0 Å². The molecule has 0 aliphatic heterocycles. The standard InChI is InChI=1S/C4H4BNO2.C3H3BNO2.Y/c1-4(5)6(2-7)3-8;1-5(2-6)3(4)7;/h4H,1H3;1H3;/q-2;-1;+3. The summed E-state index contributed by atoms with van der Waals surface area (Å²) in [6.45, 7) is 1.48. The van der Waals surface area contributed by atoms with Gasteiger partial charge in [-0.2, -0.15) is 12.8 Å². The van der Waals surface area contributed by atoms with Crippen molar-refractivity contribution in [2.75, 3.05) is 7.05 Å². The van der Waals surface area contributed by atoms with Crippen LogP contribution in [0, 0.1) is 0 Å². The summed E-state index contributed by atoms with van der Waals surface area (Å²) in [5.74, 6) is -1.43. The van der Waals surface area contributed by atoms with Gasteiger partial charge in [0.05, 0.1) is 22.1 Å². The van der Waals surface area contributed by atoms with Crippen molar-refractivity contribution in [1.29, 1.82) is 0 Å². The minimum atomic E-state index is -0.796. The molecule has 0 aliphatic rings. The topological polar surface area (TPSA) is 74.8 Å². The van der Waals surface area contributed by atoms with Gasteiger partial charge in [-0.15, -0.1) is 0 Å². The van der Waals surface area contributed by atoms with E-state index in [1.54, 1.807) is 0 Å². The molecule has 6 nitrogen and oxygen atoms in total. The van der Waals surface area contributed by atoms with Gasteiger partial charge in [0.15, 0.2) is 0 Å². The Labute approximate surface area is 122 Å². The van der Waals surface area contributed by atoms with Crippen molar-refractivity contribution < 1.29 is 51.9 Å². The average molecular weight is 294 g/mol. The number of amides is 4. The molecule has 4 amide bonds. The van der Waals surface area contributed by atoms with Gasteiger partial charge >= 0.3 is 32.7 Å². The fourth-order valence-electron chi connectivity index (χ4n) is 0.230. The summed E-state index contributed by atoms with van der Waals surface area (Å²) in [6.07, 6.45) is 3.84. The number of rotatable bonds is 4. The van der Waals surface area contributed by atoms with Crippen LogP contribution in [0.5, 0.6) is 0 Å². The van der Waals surface area contributed by atoms with Gasteiger partial charge in [-0.05, 0) is 7.05 Å². The zero-order valence-corrected chi connectivity index (χ0v) is 11.7. The quantitative estimate of drug-likeness (QED) is 0.348. The average Bonchev–Trinajstić information content (AvgIpc) is 2.18. The molecule has 0 spiro atoms. The maximum Gasteiger partial charge on any atom is 3.00 e. The van der Waals surface area contributed by atoms with Gasteiger partial charge in [0.1, 0.15) is 0 Å². The minimum absolute atomic E-state index is 0.